The first-order chi connectivity index (χ1) is 8.11. The smallest absolute Gasteiger partial charge is 0.337 e. The topological polar surface area (TPSA) is 62.7 Å². The first kappa shape index (κ1) is 12.1. The fourth-order valence-electron chi connectivity index (χ4n) is 1.89. The molecule has 17 heavy (non-hydrogen) atoms. The molecule has 0 radical (unpaired) electrons. The summed E-state index contributed by atoms with van der Waals surface area (Å²) in [7, 11) is 1.68. The number of carboxylic acids is 1. The quantitative estimate of drug-likeness (QED) is 0.891. The highest BCUT2D eigenvalue weighted by Gasteiger charge is 2.25. The predicted molar refractivity (Wildman–Crippen MR) is 63.8 cm³/mol. The molecule has 0 spiro atoms. The number of aromatic nitrogens is 1. The third kappa shape index (κ3) is 2.50. The summed E-state index contributed by atoms with van der Waals surface area (Å²) in [6.45, 7) is 1.55. The Bertz CT molecular complexity index is 439. The van der Waals surface area contributed by atoms with E-state index in [0.717, 1.165) is 19.5 Å². The second-order valence-electron chi connectivity index (χ2n) is 3.93. The van der Waals surface area contributed by atoms with Crippen LogP contribution in [0.2, 0.25) is 5.02 Å². The van der Waals surface area contributed by atoms with Gasteiger partial charge in [0.05, 0.1) is 16.7 Å². The lowest BCUT2D eigenvalue weighted by molar-refractivity contribution is 0.0696. The number of aromatic carboxylic acids is 1. The summed E-state index contributed by atoms with van der Waals surface area (Å²) < 4.78 is 5.26. The van der Waals surface area contributed by atoms with Gasteiger partial charge < -0.3 is 14.7 Å². The highest BCUT2D eigenvalue weighted by Crippen LogP contribution is 2.27. The molecular weight excluding hydrogens is 244 g/mol. The van der Waals surface area contributed by atoms with Crippen LogP contribution in [0.5, 0.6) is 0 Å². The van der Waals surface area contributed by atoms with Gasteiger partial charge in [-0.25, -0.2) is 9.78 Å². The number of carbonyl (C=O) groups is 1. The molecule has 2 heterocycles. The fraction of sp³-hybridized carbons (Fsp3) is 0.455. The van der Waals surface area contributed by atoms with Crippen LogP contribution < -0.4 is 4.90 Å². The maximum absolute atomic E-state index is 10.8. The minimum absolute atomic E-state index is 0.0984. The molecule has 0 aromatic carbocycles. The van der Waals surface area contributed by atoms with E-state index in [4.69, 9.17) is 21.4 Å². The van der Waals surface area contributed by atoms with E-state index >= 15 is 0 Å². The maximum atomic E-state index is 10.8. The molecule has 0 bridgehead atoms. The third-order valence-corrected chi connectivity index (χ3v) is 3.12. The third-order valence-electron chi connectivity index (χ3n) is 2.85. The Morgan fingerprint density at radius 1 is 1.71 bits per heavy atom. The van der Waals surface area contributed by atoms with Gasteiger partial charge in [0, 0.05) is 26.4 Å². The van der Waals surface area contributed by atoms with Crippen LogP contribution in [0, 0.1) is 0 Å². The van der Waals surface area contributed by atoms with Gasteiger partial charge in [-0.1, -0.05) is 11.6 Å². The van der Waals surface area contributed by atoms with Crippen LogP contribution in [0.4, 0.5) is 5.82 Å². The van der Waals surface area contributed by atoms with Crippen LogP contribution in [-0.4, -0.2) is 42.4 Å². The molecule has 1 aromatic rings. The second kappa shape index (κ2) is 4.89. The molecule has 1 aromatic heterocycles. The second-order valence-corrected chi connectivity index (χ2v) is 4.33. The molecule has 1 unspecified atom stereocenters. The average molecular weight is 257 g/mol. The van der Waals surface area contributed by atoms with Gasteiger partial charge in [0.2, 0.25) is 0 Å². The average Bonchev–Trinajstić information content (AvgIpc) is 2.77. The molecule has 1 atom stereocenters. The van der Waals surface area contributed by atoms with Crippen molar-refractivity contribution in [2.45, 2.75) is 12.5 Å². The van der Waals surface area contributed by atoms with E-state index in [2.05, 4.69) is 4.98 Å². The van der Waals surface area contributed by atoms with Crippen LogP contribution in [0.1, 0.15) is 16.8 Å². The highest BCUT2D eigenvalue weighted by molar-refractivity contribution is 6.33. The molecule has 1 saturated heterocycles. The van der Waals surface area contributed by atoms with E-state index < -0.39 is 5.97 Å². The summed E-state index contributed by atoms with van der Waals surface area (Å²) in [5.74, 6) is -0.404. The number of hydrogen-bond donors (Lipinski definition) is 1. The van der Waals surface area contributed by atoms with Crippen LogP contribution >= 0.6 is 11.6 Å². The summed E-state index contributed by atoms with van der Waals surface area (Å²) in [6.07, 6.45) is 2.44. The normalized spacial score (nSPS) is 19.6. The summed E-state index contributed by atoms with van der Waals surface area (Å²) in [4.78, 5) is 16.9. The van der Waals surface area contributed by atoms with Crippen molar-refractivity contribution in [3.63, 3.8) is 0 Å². The largest absolute Gasteiger partial charge is 0.478 e. The Hall–Kier alpha value is -1.33. The molecule has 0 saturated carbocycles. The predicted octanol–water partition coefficient (Wildman–Crippen LogP) is 1.66. The van der Waals surface area contributed by atoms with Crippen molar-refractivity contribution in [2.75, 3.05) is 25.1 Å². The first-order valence-corrected chi connectivity index (χ1v) is 5.66. The zero-order valence-corrected chi connectivity index (χ0v) is 10.1. The SMILES string of the molecule is COC1CCN(c2ncc(C(=O)O)cc2Cl)C1. The standard InChI is InChI=1S/C11H13ClN2O3/c1-17-8-2-3-14(6-8)10-9(12)4-7(5-13-10)11(15)16/h4-5,8H,2-3,6H2,1H3,(H,15,16). The van der Waals surface area contributed by atoms with Gasteiger partial charge in [-0.15, -0.1) is 0 Å². The molecule has 2 rings (SSSR count). The molecule has 0 amide bonds. The van der Waals surface area contributed by atoms with Crippen molar-refractivity contribution in [1.29, 1.82) is 0 Å². The first-order valence-electron chi connectivity index (χ1n) is 5.28. The van der Waals surface area contributed by atoms with Gasteiger partial charge in [-0.05, 0) is 12.5 Å². The molecular formula is C11H13ClN2O3. The van der Waals surface area contributed by atoms with Crippen LogP contribution in [-0.2, 0) is 4.74 Å². The number of hydrogen-bond acceptors (Lipinski definition) is 4. The molecule has 1 fully saturated rings. The minimum Gasteiger partial charge on any atom is -0.478 e. The van der Waals surface area contributed by atoms with Crippen LogP contribution in [0.15, 0.2) is 12.3 Å². The minimum atomic E-state index is -1.03. The van der Waals surface area contributed by atoms with E-state index in [0.29, 0.717) is 10.8 Å². The number of ether oxygens (including phenoxy) is 1. The Balaban J connectivity index is 2.20. The van der Waals surface area contributed by atoms with E-state index in [-0.39, 0.29) is 11.7 Å². The van der Waals surface area contributed by atoms with Gasteiger partial charge in [0.1, 0.15) is 5.82 Å². The van der Waals surface area contributed by atoms with Gasteiger partial charge in [0.25, 0.3) is 0 Å². The summed E-state index contributed by atoms with van der Waals surface area (Å²) in [5, 5.41) is 9.18. The number of rotatable bonds is 3. The lowest BCUT2D eigenvalue weighted by Crippen LogP contribution is -2.23. The molecule has 0 aliphatic carbocycles. The van der Waals surface area contributed by atoms with Crippen molar-refractivity contribution in [1.82, 2.24) is 4.98 Å². The maximum Gasteiger partial charge on any atom is 0.337 e. The molecule has 5 nitrogen and oxygen atoms in total. The highest BCUT2D eigenvalue weighted by atomic mass is 35.5. The molecule has 1 aliphatic rings. The van der Waals surface area contributed by atoms with Crippen LogP contribution in [0.25, 0.3) is 0 Å². The number of carboxylic acid groups (broad SMARTS) is 1. The number of anilines is 1. The van der Waals surface area contributed by atoms with Crippen LogP contribution in [0.3, 0.4) is 0 Å². The zero-order valence-electron chi connectivity index (χ0n) is 9.39. The number of nitrogens with zero attached hydrogens (tertiary/aromatic N) is 2. The van der Waals surface area contributed by atoms with E-state index in [1.165, 1.54) is 12.3 Å². The van der Waals surface area contributed by atoms with E-state index in [1.54, 1.807) is 7.11 Å². The lowest BCUT2D eigenvalue weighted by Gasteiger charge is -2.18. The van der Waals surface area contributed by atoms with Crippen molar-refractivity contribution in [3.8, 4) is 0 Å². The Labute approximate surface area is 104 Å². The number of pyridine rings is 1. The summed E-state index contributed by atoms with van der Waals surface area (Å²) in [6, 6.07) is 1.42. The Morgan fingerprint density at radius 3 is 3.00 bits per heavy atom. The fourth-order valence-corrected chi connectivity index (χ4v) is 2.18. The lowest BCUT2D eigenvalue weighted by atomic mass is 10.3. The Kier molecular flexibility index (Phi) is 3.49. The van der Waals surface area contributed by atoms with Crippen molar-refractivity contribution in [2.24, 2.45) is 0 Å². The van der Waals surface area contributed by atoms with Crippen molar-refractivity contribution < 1.29 is 14.6 Å². The summed E-state index contributed by atoms with van der Waals surface area (Å²) in [5.41, 5.74) is 0.0984. The Morgan fingerprint density at radius 2 is 2.47 bits per heavy atom. The van der Waals surface area contributed by atoms with Gasteiger partial charge >= 0.3 is 5.97 Å². The van der Waals surface area contributed by atoms with Crippen molar-refractivity contribution in [3.05, 3.63) is 22.8 Å². The molecule has 92 valence electrons. The molecule has 1 N–H and O–H groups in total. The molecule has 1 aliphatic heterocycles. The van der Waals surface area contributed by atoms with E-state index in [1.807, 2.05) is 4.90 Å². The van der Waals surface area contributed by atoms with Gasteiger partial charge in [-0.2, -0.15) is 0 Å². The monoisotopic (exact) mass is 256 g/mol. The number of halogens is 1. The number of methoxy groups -OCH3 is 1. The van der Waals surface area contributed by atoms with Gasteiger partial charge in [-0.3, -0.25) is 0 Å². The molecule has 6 heteroatoms. The van der Waals surface area contributed by atoms with Crippen molar-refractivity contribution >= 4 is 23.4 Å². The summed E-state index contributed by atoms with van der Waals surface area (Å²) >= 11 is 6.04. The van der Waals surface area contributed by atoms with E-state index in [9.17, 15) is 4.79 Å². The van der Waals surface area contributed by atoms with Gasteiger partial charge in [0.15, 0.2) is 0 Å². The zero-order chi connectivity index (χ0) is 12.4.